The lowest BCUT2D eigenvalue weighted by Gasteiger charge is -2.59. The lowest BCUT2D eigenvalue weighted by atomic mass is 9.46. The molecule has 0 radical (unpaired) electrons. The van der Waals surface area contributed by atoms with Crippen LogP contribution < -0.4 is 4.74 Å². The summed E-state index contributed by atoms with van der Waals surface area (Å²) in [6.45, 7) is 20.2. The summed E-state index contributed by atoms with van der Waals surface area (Å²) in [5.74, 6) is 1.09. The summed E-state index contributed by atoms with van der Waals surface area (Å²) in [6, 6.07) is 4.20. The Morgan fingerprint density at radius 2 is 1.58 bits per heavy atom. The van der Waals surface area contributed by atoms with E-state index < -0.39 is 0 Å². The highest BCUT2D eigenvalue weighted by molar-refractivity contribution is 5.45. The van der Waals surface area contributed by atoms with Gasteiger partial charge in [-0.15, -0.1) is 0 Å². The van der Waals surface area contributed by atoms with Crippen LogP contribution in [0.25, 0.3) is 0 Å². The van der Waals surface area contributed by atoms with Crippen molar-refractivity contribution >= 4 is 0 Å². The topological polar surface area (TPSA) is 18.5 Å². The fraction of sp³-hybridized carbons (Fsp3) is 0.667. The van der Waals surface area contributed by atoms with Crippen LogP contribution >= 0.6 is 0 Å². The Labute approximate surface area is 160 Å². The van der Waals surface area contributed by atoms with E-state index in [9.17, 15) is 0 Å². The van der Waals surface area contributed by atoms with Crippen LogP contribution in [-0.2, 0) is 11.2 Å². The third-order valence-corrected chi connectivity index (χ3v) is 8.34. The summed E-state index contributed by atoms with van der Waals surface area (Å²) in [6.07, 6.45) is 6.90. The Kier molecular flexibility index (Phi) is 4.59. The van der Waals surface area contributed by atoms with Crippen LogP contribution in [0.1, 0.15) is 64.7 Å². The summed E-state index contributed by atoms with van der Waals surface area (Å²) >= 11 is 0. The molecule has 144 valence electrons. The Hall–Kier alpha value is -1.28. The summed E-state index contributed by atoms with van der Waals surface area (Å²) in [4.78, 5) is 0. The summed E-state index contributed by atoms with van der Waals surface area (Å²) in [7, 11) is 0. The number of hydrogen-bond acceptors (Lipinski definition) is 2. The fourth-order valence-corrected chi connectivity index (χ4v) is 4.88. The van der Waals surface area contributed by atoms with Gasteiger partial charge in [0.15, 0.2) is 0 Å². The molecule has 0 aromatic heterocycles. The van der Waals surface area contributed by atoms with Crippen LogP contribution in [0.15, 0.2) is 24.3 Å². The first-order valence-electron chi connectivity index (χ1n) is 10.0. The molecule has 1 fully saturated rings. The highest BCUT2D eigenvalue weighted by Crippen LogP contribution is 2.64. The SMILES string of the molecule is CC1(C)C=CC2(C)OCC[C@]2(C)C1(C)C.Cc1ccc2c(c1C)CCO2. The van der Waals surface area contributed by atoms with E-state index in [4.69, 9.17) is 9.47 Å². The molecule has 2 heterocycles. The zero-order chi connectivity index (χ0) is 19.4. The van der Waals surface area contributed by atoms with Crippen molar-refractivity contribution in [3.63, 3.8) is 0 Å². The quantitative estimate of drug-likeness (QED) is 0.528. The summed E-state index contributed by atoms with van der Waals surface area (Å²) in [5, 5.41) is 0. The maximum Gasteiger partial charge on any atom is 0.122 e. The second kappa shape index (κ2) is 6.12. The second-order valence-electron chi connectivity index (χ2n) is 9.80. The fourth-order valence-electron chi connectivity index (χ4n) is 4.88. The van der Waals surface area contributed by atoms with Crippen LogP contribution in [0.3, 0.4) is 0 Å². The van der Waals surface area contributed by atoms with Gasteiger partial charge in [0, 0.05) is 24.0 Å². The van der Waals surface area contributed by atoms with Crippen molar-refractivity contribution in [3.8, 4) is 5.75 Å². The van der Waals surface area contributed by atoms with Crippen molar-refractivity contribution in [3.05, 3.63) is 41.0 Å². The maximum atomic E-state index is 5.99. The highest BCUT2D eigenvalue weighted by atomic mass is 16.5. The van der Waals surface area contributed by atoms with Crippen molar-refractivity contribution in [1.29, 1.82) is 0 Å². The molecule has 0 spiro atoms. The molecule has 2 atom stereocenters. The standard InChI is InChI=1S/C14H24O.C10H12O/c1-11(2)7-8-14(6)13(5,9-10-15-14)12(11,3)4;1-7-3-4-10-9(8(7)2)5-6-11-10/h7-8H,9-10H2,1-6H3;3-4H,5-6H2,1-2H3/t13-,14?;/m1./s1. The molecule has 1 aromatic rings. The van der Waals surface area contributed by atoms with E-state index in [0.717, 1.165) is 25.4 Å². The zero-order valence-electron chi connectivity index (χ0n) is 18.0. The molecule has 1 unspecified atom stereocenters. The highest BCUT2D eigenvalue weighted by Gasteiger charge is 2.62. The average Bonchev–Trinajstić information content (AvgIpc) is 3.16. The van der Waals surface area contributed by atoms with Gasteiger partial charge in [0.25, 0.3) is 0 Å². The van der Waals surface area contributed by atoms with Gasteiger partial charge in [-0.3, -0.25) is 0 Å². The van der Waals surface area contributed by atoms with E-state index in [1.165, 1.54) is 23.1 Å². The molecular formula is C24H36O2. The zero-order valence-corrected chi connectivity index (χ0v) is 18.0. The van der Waals surface area contributed by atoms with Crippen molar-refractivity contribution in [1.82, 2.24) is 0 Å². The van der Waals surface area contributed by atoms with Gasteiger partial charge in [-0.05, 0) is 55.2 Å². The minimum absolute atomic E-state index is 0.0635. The number of allylic oxidation sites excluding steroid dienone is 1. The number of ether oxygens (including phenoxy) is 2. The van der Waals surface area contributed by atoms with Gasteiger partial charge in [-0.2, -0.15) is 0 Å². The molecule has 3 aliphatic rings. The van der Waals surface area contributed by atoms with E-state index in [0.29, 0.717) is 0 Å². The normalized spacial score (nSPS) is 32.9. The Balaban J connectivity index is 0.000000158. The van der Waals surface area contributed by atoms with Gasteiger partial charge < -0.3 is 9.47 Å². The molecule has 1 saturated heterocycles. The lowest BCUT2D eigenvalue weighted by molar-refractivity contribution is -0.107. The van der Waals surface area contributed by atoms with E-state index >= 15 is 0 Å². The van der Waals surface area contributed by atoms with Gasteiger partial charge in [0.05, 0.1) is 12.2 Å². The third kappa shape index (κ3) is 2.64. The largest absolute Gasteiger partial charge is 0.493 e. The molecule has 0 saturated carbocycles. The monoisotopic (exact) mass is 356 g/mol. The molecule has 2 nitrogen and oxygen atoms in total. The minimum atomic E-state index is -0.0635. The van der Waals surface area contributed by atoms with E-state index in [2.05, 4.69) is 79.7 Å². The van der Waals surface area contributed by atoms with Crippen molar-refractivity contribution in [2.24, 2.45) is 16.2 Å². The first kappa shape index (κ1) is 19.5. The number of aryl methyl sites for hydroxylation is 1. The first-order chi connectivity index (χ1) is 12.0. The first-order valence-corrected chi connectivity index (χ1v) is 10.0. The summed E-state index contributed by atoms with van der Waals surface area (Å²) < 4.78 is 11.4. The van der Waals surface area contributed by atoms with Crippen LogP contribution in [0.5, 0.6) is 5.75 Å². The molecule has 2 aliphatic heterocycles. The second-order valence-corrected chi connectivity index (χ2v) is 9.80. The van der Waals surface area contributed by atoms with Gasteiger partial charge in [-0.1, -0.05) is 52.8 Å². The van der Waals surface area contributed by atoms with Crippen LogP contribution in [0.2, 0.25) is 0 Å². The summed E-state index contributed by atoms with van der Waals surface area (Å²) in [5.41, 5.74) is 4.87. The maximum absolute atomic E-state index is 5.99. The molecule has 2 heteroatoms. The minimum Gasteiger partial charge on any atom is -0.493 e. The predicted molar refractivity (Wildman–Crippen MR) is 109 cm³/mol. The predicted octanol–water partition coefficient (Wildman–Crippen LogP) is 6.03. The number of fused-ring (bicyclic) bond motifs is 2. The molecule has 1 aromatic carbocycles. The van der Waals surface area contributed by atoms with Gasteiger partial charge >= 0.3 is 0 Å². The van der Waals surface area contributed by atoms with Gasteiger partial charge in [-0.25, -0.2) is 0 Å². The van der Waals surface area contributed by atoms with Crippen molar-refractivity contribution in [2.75, 3.05) is 13.2 Å². The van der Waals surface area contributed by atoms with Gasteiger partial charge in [0.1, 0.15) is 5.75 Å². The third-order valence-electron chi connectivity index (χ3n) is 8.34. The number of hydrogen-bond donors (Lipinski definition) is 0. The lowest BCUT2D eigenvalue weighted by Crippen LogP contribution is -2.57. The number of benzene rings is 1. The smallest absolute Gasteiger partial charge is 0.122 e. The Morgan fingerprint density at radius 1 is 0.885 bits per heavy atom. The number of rotatable bonds is 0. The Morgan fingerprint density at radius 3 is 2.27 bits per heavy atom. The average molecular weight is 357 g/mol. The van der Waals surface area contributed by atoms with Gasteiger partial charge in [0.2, 0.25) is 0 Å². The molecular weight excluding hydrogens is 320 g/mol. The molecule has 1 aliphatic carbocycles. The van der Waals surface area contributed by atoms with Crippen molar-refractivity contribution in [2.45, 2.75) is 73.8 Å². The van der Waals surface area contributed by atoms with Crippen LogP contribution in [-0.4, -0.2) is 18.8 Å². The van der Waals surface area contributed by atoms with E-state index in [-0.39, 0.29) is 21.8 Å². The van der Waals surface area contributed by atoms with Crippen molar-refractivity contribution < 1.29 is 9.47 Å². The Bertz CT molecular complexity index is 728. The molecule has 0 N–H and O–H groups in total. The van der Waals surface area contributed by atoms with E-state index in [1.807, 2.05) is 0 Å². The molecule has 0 amide bonds. The molecule has 26 heavy (non-hydrogen) atoms. The van der Waals surface area contributed by atoms with Crippen LogP contribution in [0.4, 0.5) is 0 Å². The van der Waals surface area contributed by atoms with Crippen LogP contribution in [0, 0.1) is 30.1 Å². The molecule has 4 rings (SSSR count). The van der Waals surface area contributed by atoms with E-state index in [1.54, 1.807) is 0 Å². The molecule has 0 bridgehead atoms.